The molecule has 0 rings (SSSR count). The Labute approximate surface area is 128 Å². The van der Waals surface area contributed by atoms with Gasteiger partial charge in [-0.25, -0.2) is 4.79 Å². The van der Waals surface area contributed by atoms with Crippen LogP contribution in [0.3, 0.4) is 0 Å². The third kappa shape index (κ3) is 19.3. The maximum absolute atomic E-state index is 10.3. The first kappa shape index (κ1) is 27.3. The number of aliphatic carboxylic acids is 3. The van der Waals surface area contributed by atoms with E-state index < -0.39 is 46.7 Å². The molecule has 0 aliphatic heterocycles. The maximum atomic E-state index is 10.3. The number of rotatable bonds is 5. The number of carbonyl (C=O) groups excluding carboxylic acids is 1. The summed E-state index contributed by atoms with van der Waals surface area (Å²) in [5.74, 6) is -5.34. The number of hydrogen-bond donors (Lipinski definition) is 4. The van der Waals surface area contributed by atoms with E-state index in [0.717, 1.165) is 0 Å². The number of hydrogen-bond acceptors (Lipinski definition) is 9. The second-order valence-electron chi connectivity index (χ2n) is 2.86. The molecule has 1 unspecified atom stereocenters. The van der Waals surface area contributed by atoms with Crippen molar-refractivity contribution in [2.45, 2.75) is 18.4 Å². The van der Waals surface area contributed by atoms with Gasteiger partial charge in [-0.15, -0.1) is 0 Å². The average Bonchev–Trinajstić information content (AvgIpc) is 1.95. The summed E-state index contributed by atoms with van der Waals surface area (Å²) in [5.41, 5.74) is -2.80. The predicted molar refractivity (Wildman–Crippen MR) is 56.7 cm³/mol. The van der Waals surface area contributed by atoms with Gasteiger partial charge in [0, 0.05) is 22.8 Å². The van der Waals surface area contributed by atoms with Gasteiger partial charge in [0.2, 0.25) is 0 Å². The summed E-state index contributed by atoms with van der Waals surface area (Å²) in [6.07, 6.45) is -2.44. The minimum absolute atomic E-state index is 0. The van der Waals surface area contributed by atoms with Crippen molar-refractivity contribution in [1.82, 2.24) is 6.15 Å². The maximum Gasteiger partial charge on any atom is 2.00 e. The van der Waals surface area contributed by atoms with Gasteiger partial charge < -0.3 is 40.5 Å². The van der Waals surface area contributed by atoms with Crippen molar-refractivity contribution in [3.63, 3.8) is 0 Å². The Morgan fingerprint density at radius 1 is 1.05 bits per heavy atom. The molecule has 1 atom stereocenters. The molecule has 0 aliphatic carbocycles. The van der Waals surface area contributed by atoms with Crippen molar-refractivity contribution in [3.8, 4) is 0 Å². The second kappa shape index (κ2) is 10.7. The first-order chi connectivity index (χ1) is 7.78. The van der Waals surface area contributed by atoms with Gasteiger partial charge in [0.15, 0.2) is 5.60 Å². The van der Waals surface area contributed by atoms with E-state index in [1.807, 2.05) is 0 Å². The molecule has 7 N–H and O–H groups in total. The van der Waals surface area contributed by atoms with E-state index in [0.29, 0.717) is 0 Å². The van der Waals surface area contributed by atoms with Crippen LogP contribution in [0.1, 0.15) is 12.8 Å². The first-order valence-corrected chi connectivity index (χ1v) is 5.15. The fraction of sp³-hybridized carbons (Fsp3) is 0.500. The van der Waals surface area contributed by atoms with Crippen molar-refractivity contribution in [3.05, 3.63) is 0 Å². The predicted octanol–water partition coefficient (Wildman–Crippen LogP) is -3.93. The standard InChI is InChI=1S/C6H8O7.Mg.H3N.H2O4S/c7-3(8)1-6(13,5(11)12)2-4(9)10;;;1-5(2,3)4/h13H,1-2H2,(H,7,8)(H,9,10)(H,11,12);;1H3;(H2,1,2,3,4)/q;+2;;/p-2. The van der Waals surface area contributed by atoms with Gasteiger partial charge in [-0.1, -0.05) is 0 Å². The Bertz CT molecular complexity index is 408. The Morgan fingerprint density at radius 3 is 1.50 bits per heavy atom. The van der Waals surface area contributed by atoms with E-state index >= 15 is 0 Å². The van der Waals surface area contributed by atoms with Gasteiger partial charge in [-0.05, 0) is 0 Å². The van der Waals surface area contributed by atoms with Crippen molar-refractivity contribution >= 4 is 51.4 Å². The van der Waals surface area contributed by atoms with E-state index in [2.05, 4.69) is 0 Å². The molecule has 0 amide bonds. The Hall–Kier alpha value is -1.03. The largest absolute Gasteiger partial charge is 2.00 e. The molecule has 0 aromatic carbocycles. The van der Waals surface area contributed by atoms with E-state index in [1.165, 1.54) is 0 Å². The molecule has 14 heteroatoms. The fourth-order valence-corrected chi connectivity index (χ4v) is 0.703. The van der Waals surface area contributed by atoms with Crippen LogP contribution in [0.4, 0.5) is 0 Å². The zero-order valence-electron chi connectivity index (χ0n) is 10.1. The van der Waals surface area contributed by atoms with Gasteiger partial charge in [0.1, 0.15) is 0 Å². The summed E-state index contributed by atoms with van der Waals surface area (Å²) < 4.78 is 34.1. The summed E-state index contributed by atoms with van der Waals surface area (Å²) in [6, 6.07) is 0. The van der Waals surface area contributed by atoms with Crippen LogP contribution in [0.2, 0.25) is 0 Å². The van der Waals surface area contributed by atoms with Gasteiger partial charge in [-0.2, -0.15) is 0 Å². The van der Waals surface area contributed by atoms with Gasteiger partial charge >= 0.3 is 35.0 Å². The van der Waals surface area contributed by atoms with Crippen molar-refractivity contribution in [1.29, 1.82) is 0 Å². The van der Waals surface area contributed by atoms with Crippen molar-refractivity contribution < 1.29 is 52.3 Å². The monoisotopic (exact) mass is 329 g/mol. The minimum Gasteiger partial charge on any atom is -0.759 e. The first-order valence-electron chi connectivity index (χ1n) is 3.82. The van der Waals surface area contributed by atoms with Crippen LogP contribution in [-0.4, -0.2) is 79.4 Å². The summed E-state index contributed by atoms with van der Waals surface area (Å²) >= 11 is 0. The third-order valence-corrected chi connectivity index (χ3v) is 1.28. The summed E-state index contributed by atoms with van der Waals surface area (Å²) in [7, 11) is -5.17. The quantitative estimate of drug-likeness (QED) is 0.215. The Kier molecular flexibility index (Phi) is 14.6. The van der Waals surface area contributed by atoms with Gasteiger partial charge in [0.05, 0.1) is 6.42 Å². The molecule has 12 nitrogen and oxygen atoms in total. The number of carboxylic acid groups (broad SMARTS) is 3. The van der Waals surface area contributed by atoms with E-state index in [-0.39, 0.29) is 29.2 Å². The normalized spacial score (nSPS) is 12.3. The van der Waals surface area contributed by atoms with Crippen LogP contribution in [0.15, 0.2) is 0 Å². The molecule has 0 radical (unpaired) electrons. The zero-order valence-corrected chi connectivity index (χ0v) is 12.4. The SMILES string of the molecule is O=C([O-])CC(O)(CC(=O)O)C(=O)O.O=S(=O)([O-])[O-].[Mg+2].[NH4+]. The molecule has 0 aromatic heterocycles. The van der Waals surface area contributed by atoms with Crippen LogP contribution in [-0.2, 0) is 24.8 Å². The van der Waals surface area contributed by atoms with E-state index in [4.69, 9.17) is 32.8 Å². The Morgan fingerprint density at radius 2 is 1.35 bits per heavy atom. The van der Waals surface area contributed by atoms with Crippen LogP contribution < -0.4 is 11.3 Å². The minimum atomic E-state index is -5.17. The van der Waals surface area contributed by atoms with Gasteiger partial charge in [0.25, 0.3) is 0 Å². The topological polar surface area (TPSA) is 252 Å². The molecular formula is C6H11MgNO11S. The van der Waals surface area contributed by atoms with Crippen LogP contribution in [0.5, 0.6) is 0 Å². The molecule has 0 bridgehead atoms. The second-order valence-corrected chi connectivity index (χ2v) is 3.68. The van der Waals surface area contributed by atoms with Crippen molar-refractivity contribution in [2.75, 3.05) is 0 Å². The molecule has 0 saturated heterocycles. The third-order valence-electron chi connectivity index (χ3n) is 1.28. The van der Waals surface area contributed by atoms with Gasteiger partial charge in [-0.3, -0.25) is 13.2 Å². The van der Waals surface area contributed by atoms with Crippen LogP contribution in [0, 0.1) is 0 Å². The van der Waals surface area contributed by atoms with E-state index in [9.17, 15) is 19.5 Å². The van der Waals surface area contributed by atoms with E-state index in [1.54, 1.807) is 0 Å². The van der Waals surface area contributed by atoms with Crippen LogP contribution >= 0.6 is 0 Å². The summed E-state index contributed by atoms with van der Waals surface area (Å²) in [6.45, 7) is 0. The number of quaternary nitrogens is 1. The molecule has 0 heterocycles. The molecule has 0 fully saturated rings. The molecule has 0 aromatic rings. The molecular weight excluding hydrogens is 318 g/mol. The fourth-order valence-electron chi connectivity index (χ4n) is 0.703. The zero-order chi connectivity index (χ0) is 15.1. The number of carbonyl (C=O) groups is 3. The summed E-state index contributed by atoms with van der Waals surface area (Å²) in [4.78, 5) is 30.3. The molecule has 0 saturated carbocycles. The molecule has 114 valence electrons. The molecule has 0 aliphatic rings. The number of carboxylic acids is 3. The smallest absolute Gasteiger partial charge is 0.759 e. The molecule has 20 heavy (non-hydrogen) atoms. The number of aliphatic hydroxyl groups is 1. The van der Waals surface area contributed by atoms with Crippen molar-refractivity contribution in [2.24, 2.45) is 0 Å². The molecule has 0 spiro atoms. The average molecular weight is 330 g/mol. The van der Waals surface area contributed by atoms with Crippen LogP contribution in [0.25, 0.3) is 0 Å². The summed E-state index contributed by atoms with van der Waals surface area (Å²) in [5, 5.41) is 35.5. The Balaban J connectivity index is -0.000000158.